The first-order valence-corrected chi connectivity index (χ1v) is 7.05. The first kappa shape index (κ1) is 14.6. The molecule has 0 bridgehead atoms. The predicted octanol–water partition coefficient (Wildman–Crippen LogP) is 2.86. The molecule has 0 aliphatic carbocycles. The van der Waals surface area contributed by atoms with E-state index in [-0.39, 0.29) is 6.04 Å². The normalized spacial score (nSPS) is 12.4. The van der Waals surface area contributed by atoms with E-state index in [0.29, 0.717) is 6.61 Å². The summed E-state index contributed by atoms with van der Waals surface area (Å²) in [4.78, 5) is 0. The fraction of sp³-hybridized carbons (Fsp3) is 0.438. The molecule has 1 atom stereocenters. The Morgan fingerprint density at radius 1 is 1.30 bits per heavy atom. The molecule has 2 rings (SSSR count). The third kappa shape index (κ3) is 3.20. The van der Waals surface area contributed by atoms with E-state index in [4.69, 9.17) is 4.74 Å². The number of benzene rings is 1. The summed E-state index contributed by atoms with van der Waals surface area (Å²) in [5, 5.41) is 7.90. The predicted molar refractivity (Wildman–Crippen MR) is 81.1 cm³/mol. The third-order valence-corrected chi connectivity index (χ3v) is 3.40. The molecule has 1 unspecified atom stereocenters. The molecule has 0 spiro atoms. The van der Waals surface area contributed by atoms with Crippen molar-refractivity contribution in [2.24, 2.45) is 0 Å². The summed E-state index contributed by atoms with van der Waals surface area (Å²) in [6.45, 7) is 7.58. The molecular formula is C16H23N3O. The van der Waals surface area contributed by atoms with E-state index in [1.165, 1.54) is 11.3 Å². The van der Waals surface area contributed by atoms with Crippen molar-refractivity contribution in [2.75, 3.05) is 13.7 Å². The highest BCUT2D eigenvalue weighted by Gasteiger charge is 2.16. The zero-order valence-electron chi connectivity index (χ0n) is 12.7. The number of nitrogens with zero attached hydrogens (tertiary/aromatic N) is 2. The van der Waals surface area contributed by atoms with Crippen molar-refractivity contribution in [3.63, 3.8) is 0 Å². The topological polar surface area (TPSA) is 39.1 Å². The van der Waals surface area contributed by atoms with Gasteiger partial charge in [-0.2, -0.15) is 5.10 Å². The van der Waals surface area contributed by atoms with Gasteiger partial charge < -0.3 is 10.1 Å². The number of aromatic nitrogens is 2. The van der Waals surface area contributed by atoms with Crippen LogP contribution in [-0.4, -0.2) is 23.4 Å². The minimum atomic E-state index is 0.177. The van der Waals surface area contributed by atoms with E-state index in [1.54, 1.807) is 0 Å². The van der Waals surface area contributed by atoms with Crippen molar-refractivity contribution >= 4 is 0 Å². The van der Waals surface area contributed by atoms with Crippen LogP contribution in [0, 0.1) is 13.8 Å². The van der Waals surface area contributed by atoms with Crippen molar-refractivity contribution in [1.29, 1.82) is 0 Å². The van der Waals surface area contributed by atoms with E-state index in [1.807, 2.05) is 43.8 Å². The molecule has 20 heavy (non-hydrogen) atoms. The average Bonchev–Trinajstić information content (AvgIpc) is 2.75. The van der Waals surface area contributed by atoms with Gasteiger partial charge >= 0.3 is 0 Å². The zero-order chi connectivity index (χ0) is 14.5. The number of likely N-dealkylation sites (N-methyl/N-ethyl adjacent to an activating group) is 1. The van der Waals surface area contributed by atoms with Gasteiger partial charge in [-0.25, -0.2) is 0 Å². The van der Waals surface area contributed by atoms with Crippen LogP contribution in [0.2, 0.25) is 0 Å². The molecule has 4 nitrogen and oxygen atoms in total. The van der Waals surface area contributed by atoms with Crippen LogP contribution in [-0.2, 0) is 6.54 Å². The Bertz CT molecular complexity index is 563. The lowest BCUT2D eigenvalue weighted by Crippen LogP contribution is -2.23. The SMILES string of the molecule is CCOc1ccccc1C(Cn1nc(C)cc1C)NC. The van der Waals surface area contributed by atoms with Gasteiger partial charge in [-0.3, -0.25) is 4.68 Å². The highest BCUT2D eigenvalue weighted by molar-refractivity contribution is 5.36. The van der Waals surface area contributed by atoms with E-state index in [2.05, 4.69) is 29.5 Å². The Labute approximate surface area is 120 Å². The minimum Gasteiger partial charge on any atom is -0.494 e. The number of aryl methyl sites for hydroxylation is 2. The summed E-state index contributed by atoms with van der Waals surface area (Å²) in [5.74, 6) is 0.941. The first-order chi connectivity index (χ1) is 9.65. The van der Waals surface area contributed by atoms with Crippen LogP contribution in [0.4, 0.5) is 0 Å². The van der Waals surface area contributed by atoms with E-state index < -0.39 is 0 Å². The molecule has 1 aromatic carbocycles. The molecule has 0 radical (unpaired) electrons. The lowest BCUT2D eigenvalue weighted by molar-refractivity contribution is 0.328. The van der Waals surface area contributed by atoms with E-state index in [9.17, 15) is 0 Å². The number of rotatable bonds is 6. The van der Waals surface area contributed by atoms with Gasteiger partial charge in [0, 0.05) is 11.3 Å². The third-order valence-electron chi connectivity index (χ3n) is 3.40. The molecule has 4 heteroatoms. The highest BCUT2D eigenvalue weighted by Crippen LogP contribution is 2.26. The number of hydrogen-bond acceptors (Lipinski definition) is 3. The number of nitrogens with one attached hydrogen (secondary N) is 1. The Hall–Kier alpha value is -1.81. The van der Waals surface area contributed by atoms with Gasteiger partial charge in [0.2, 0.25) is 0 Å². The zero-order valence-corrected chi connectivity index (χ0v) is 12.7. The molecule has 108 valence electrons. The smallest absolute Gasteiger partial charge is 0.124 e. The van der Waals surface area contributed by atoms with Gasteiger partial charge in [-0.15, -0.1) is 0 Å². The maximum absolute atomic E-state index is 5.72. The lowest BCUT2D eigenvalue weighted by atomic mass is 10.1. The maximum atomic E-state index is 5.72. The highest BCUT2D eigenvalue weighted by atomic mass is 16.5. The van der Waals surface area contributed by atoms with Gasteiger partial charge in [-0.05, 0) is 40.0 Å². The van der Waals surface area contributed by atoms with Gasteiger partial charge in [0.25, 0.3) is 0 Å². The molecular weight excluding hydrogens is 250 g/mol. The van der Waals surface area contributed by atoms with Crippen molar-refractivity contribution in [3.8, 4) is 5.75 Å². The molecule has 0 fully saturated rings. The lowest BCUT2D eigenvalue weighted by Gasteiger charge is -2.20. The fourth-order valence-corrected chi connectivity index (χ4v) is 2.43. The fourth-order valence-electron chi connectivity index (χ4n) is 2.43. The van der Waals surface area contributed by atoms with Crippen molar-refractivity contribution < 1.29 is 4.74 Å². The number of para-hydroxylation sites is 1. The van der Waals surface area contributed by atoms with Crippen LogP contribution in [0.3, 0.4) is 0 Å². The summed E-state index contributed by atoms with van der Waals surface area (Å²) in [5.41, 5.74) is 3.40. The van der Waals surface area contributed by atoms with Gasteiger partial charge in [0.1, 0.15) is 5.75 Å². The molecule has 1 aromatic heterocycles. The van der Waals surface area contributed by atoms with Gasteiger partial charge in [0.15, 0.2) is 0 Å². The molecule has 0 amide bonds. The molecule has 0 aliphatic heterocycles. The van der Waals surface area contributed by atoms with E-state index >= 15 is 0 Å². The quantitative estimate of drug-likeness (QED) is 0.879. The van der Waals surface area contributed by atoms with Crippen molar-refractivity contribution in [2.45, 2.75) is 33.4 Å². The first-order valence-electron chi connectivity index (χ1n) is 7.05. The van der Waals surface area contributed by atoms with Crippen molar-refractivity contribution in [1.82, 2.24) is 15.1 Å². The van der Waals surface area contributed by atoms with Crippen LogP contribution >= 0.6 is 0 Å². The van der Waals surface area contributed by atoms with Crippen LogP contribution in [0.25, 0.3) is 0 Å². The van der Waals surface area contributed by atoms with Gasteiger partial charge in [-0.1, -0.05) is 18.2 Å². The summed E-state index contributed by atoms with van der Waals surface area (Å²) >= 11 is 0. The molecule has 0 saturated carbocycles. The maximum Gasteiger partial charge on any atom is 0.124 e. The van der Waals surface area contributed by atoms with Crippen LogP contribution in [0.15, 0.2) is 30.3 Å². The second kappa shape index (κ2) is 6.57. The summed E-state index contributed by atoms with van der Waals surface area (Å²) in [6, 6.07) is 10.5. The van der Waals surface area contributed by atoms with Gasteiger partial charge in [0.05, 0.1) is 24.9 Å². The average molecular weight is 273 g/mol. The largest absolute Gasteiger partial charge is 0.494 e. The van der Waals surface area contributed by atoms with Crippen LogP contribution < -0.4 is 10.1 Å². The van der Waals surface area contributed by atoms with Crippen LogP contribution in [0.5, 0.6) is 5.75 Å². The summed E-state index contributed by atoms with van der Waals surface area (Å²) < 4.78 is 7.76. The minimum absolute atomic E-state index is 0.177. The standard InChI is InChI=1S/C16H23N3O/c1-5-20-16-9-7-6-8-14(16)15(17-4)11-19-13(3)10-12(2)18-19/h6-10,15,17H,5,11H2,1-4H3. The second-order valence-corrected chi connectivity index (χ2v) is 4.92. The Balaban J connectivity index is 2.26. The Kier molecular flexibility index (Phi) is 4.79. The number of ether oxygens (including phenoxy) is 1. The second-order valence-electron chi connectivity index (χ2n) is 4.92. The Morgan fingerprint density at radius 3 is 2.65 bits per heavy atom. The molecule has 1 heterocycles. The van der Waals surface area contributed by atoms with Crippen molar-refractivity contribution in [3.05, 3.63) is 47.3 Å². The molecule has 0 saturated heterocycles. The Morgan fingerprint density at radius 2 is 2.05 bits per heavy atom. The van der Waals surface area contributed by atoms with E-state index in [0.717, 1.165) is 18.0 Å². The number of hydrogen-bond donors (Lipinski definition) is 1. The summed E-state index contributed by atoms with van der Waals surface area (Å²) in [6.07, 6.45) is 0. The molecule has 0 aliphatic rings. The summed E-state index contributed by atoms with van der Waals surface area (Å²) in [7, 11) is 1.97. The molecule has 1 N–H and O–H groups in total. The molecule has 2 aromatic rings. The van der Waals surface area contributed by atoms with Crippen LogP contribution in [0.1, 0.15) is 29.9 Å². The monoisotopic (exact) mass is 273 g/mol.